The number of carbonyl (C=O) groups excluding carboxylic acids is 1. The Morgan fingerprint density at radius 3 is 2.31 bits per heavy atom. The summed E-state index contributed by atoms with van der Waals surface area (Å²) >= 11 is 1.50. The number of sulfonamides is 1. The summed E-state index contributed by atoms with van der Waals surface area (Å²) in [6, 6.07) is 16.6. The van der Waals surface area contributed by atoms with Crippen LogP contribution in [-0.2, 0) is 16.6 Å². The highest BCUT2D eigenvalue weighted by Crippen LogP contribution is 2.23. The minimum atomic E-state index is -3.77. The summed E-state index contributed by atoms with van der Waals surface area (Å²) in [4.78, 5) is 18.1. The molecule has 7 nitrogen and oxygen atoms in total. The first kappa shape index (κ1) is 24.7. The van der Waals surface area contributed by atoms with Crippen molar-refractivity contribution < 1.29 is 17.9 Å². The lowest BCUT2D eigenvalue weighted by molar-refractivity contribution is 0.0998. The van der Waals surface area contributed by atoms with E-state index in [1.54, 1.807) is 36.4 Å². The van der Waals surface area contributed by atoms with Gasteiger partial charge in [0.2, 0.25) is 0 Å². The zero-order chi connectivity index (χ0) is 25.2. The molecule has 1 aromatic heterocycles. The number of rotatable bonds is 7. The molecule has 0 unspecified atom stereocenters. The summed E-state index contributed by atoms with van der Waals surface area (Å²) in [5, 5.41) is 0. The molecule has 0 saturated carbocycles. The van der Waals surface area contributed by atoms with Crippen molar-refractivity contribution in [3.8, 4) is 5.75 Å². The molecule has 9 heteroatoms. The standard InChI is InChI=1S/C26H27N3O4S2/c1-5-14-29-23-15-17(2)18(3)16-24(23)34-26(29)27-25(30)19-6-8-20(9-7-19)28-35(31,32)22-12-10-21(33-4)11-13-22/h6-13,15-16,28H,5,14H2,1-4H3. The normalized spacial score (nSPS) is 12.2. The minimum absolute atomic E-state index is 0.115. The van der Waals surface area contributed by atoms with E-state index in [9.17, 15) is 13.2 Å². The van der Waals surface area contributed by atoms with Crippen LogP contribution in [0.25, 0.3) is 10.2 Å². The van der Waals surface area contributed by atoms with Crippen LogP contribution in [-0.4, -0.2) is 26.0 Å². The maximum absolute atomic E-state index is 12.9. The Bertz CT molecular complexity index is 1550. The molecule has 0 spiro atoms. The molecule has 4 aromatic rings. The van der Waals surface area contributed by atoms with E-state index in [-0.39, 0.29) is 10.8 Å². The molecule has 0 aliphatic heterocycles. The van der Waals surface area contributed by atoms with Crippen LogP contribution in [0.3, 0.4) is 0 Å². The Hall–Kier alpha value is -3.43. The molecule has 0 fully saturated rings. The van der Waals surface area contributed by atoms with Crippen LogP contribution in [0.1, 0.15) is 34.8 Å². The van der Waals surface area contributed by atoms with Crippen molar-refractivity contribution in [3.05, 3.63) is 82.2 Å². The number of methoxy groups -OCH3 is 1. The highest BCUT2D eigenvalue weighted by Gasteiger charge is 2.15. The van der Waals surface area contributed by atoms with Crippen molar-refractivity contribution in [3.63, 3.8) is 0 Å². The van der Waals surface area contributed by atoms with Gasteiger partial charge in [-0.05, 0) is 92.1 Å². The smallest absolute Gasteiger partial charge is 0.279 e. The second-order valence-electron chi connectivity index (χ2n) is 8.22. The van der Waals surface area contributed by atoms with E-state index >= 15 is 0 Å². The zero-order valence-electron chi connectivity index (χ0n) is 20.0. The third-order valence-corrected chi connectivity index (χ3v) is 8.13. The minimum Gasteiger partial charge on any atom is -0.497 e. The van der Waals surface area contributed by atoms with Crippen molar-refractivity contribution in [2.75, 3.05) is 11.8 Å². The molecule has 0 aliphatic carbocycles. The van der Waals surface area contributed by atoms with E-state index in [4.69, 9.17) is 4.74 Å². The Kier molecular flexibility index (Phi) is 7.09. The lowest BCUT2D eigenvalue weighted by Crippen LogP contribution is -2.17. The van der Waals surface area contributed by atoms with Gasteiger partial charge in [0.25, 0.3) is 15.9 Å². The second-order valence-corrected chi connectivity index (χ2v) is 10.9. The zero-order valence-corrected chi connectivity index (χ0v) is 21.7. The van der Waals surface area contributed by atoms with E-state index in [0.717, 1.165) is 23.2 Å². The van der Waals surface area contributed by atoms with Gasteiger partial charge in [0.1, 0.15) is 5.75 Å². The first-order chi connectivity index (χ1) is 16.7. The van der Waals surface area contributed by atoms with Crippen LogP contribution < -0.4 is 14.3 Å². The molecule has 0 atom stereocenters. The van der Waals surface area contributed by atoms with Gasteiger partial charge >= 0.3 is 0 Å². The topological polar surface area (TPSA) is 89.8 Å². The second kappa shape index (κ2) is 10.1. The maximum Gasteiger partial charge on any atom is 0.279 e. The monoisotopic (exact) mass is 509 g/mol. The number of carbonyl (C=O) groups is 1. The van der Waals surface area contributed by atoms with Gasteiger partial charge in [-0.3, -0.25) is 9.52 Å². The number of ether oxygens (including phenoxy) is 1. The Morgan fingerprint density at radius 2 is 1.69 bits per heavy atom. The molecule has 3 aromatic carbocycles. The van der Waals surface area contributed by atoms with E-state index < -0.39 is 10.0 Å². The number of aromatic nitrogens is 1. The summed E-state index contributed by atoms with van der Waals surface area (Å²) < 4.78 is 36.1. The fourth-order valence-corrected chi connectivity index (χ4v) is 5.84. The van der Waals surface area contributed by atoms with Crippen molar-refractivity contribution in [2.45, 2.75) is 38.6 Å². The van der Waals surface area contributed by atoms with E-state index in [0.29, 0.717) is 21.8 Å². The number of hydrogen-bond donors (Lipinski definition) is 1. The molecule has 1 amide bonds. The lowest BCUT2D eigenvalue weighted by Gasteiger charge is -2.09. The first-order valence-electron chi connectivity index (χ1n) is 11.2. The molecule has 0 radical (unpaired) electrons. The molecule has 0 bridgehead atoms. The molecule has 182 valence electrons. The largest absolute Gasteiger partial charge is 0.497 e. The number of aryl methyl sites for hydroxylation is 3. The van der Waals surface area contributed by atoms with Crippen molar-refractivity contribution in [2.24, 2.45) is 4.99 Å². The third-order valence-electron chi connectivity index (χ3n) is 5.70. The van der Waals surface area contributed by atoms with E-state index in [2.05, 4.69) is 47.2 Å². The number of fused-ring (bicyclic) bond motifs is 1. The lowest BCUT2D eigenvalue weighted by atomic mass is 10.1. The Labute approximate surface area is 208 Å². The van der Waals surface area contributed by atoms with Crippen molar-refractivity contribution >= 4 is 43.2 Å². The van der Waals surface area contributed by atoms with Crippen LogP contribution in [0.15, 0.2) is 70.6 Å². The molecule has 0 aliphatic rings. The first-order valence-corrected chi connectivity index (χ1v) is 13.5. The number of amides is 1. The number of nitrogens with one attached hydrogen (secondary N) is 1. The Balaban J connectivity index is 1.59. The average Bonchev–Trinajstić information content (AvgIpc) is 3.15. The molecule has 1 heterocycles. The molecular weight excluding hydrogens is 482 g/mol. The van der Waals surface area contributed by atoms with Crippen LogP contribution in [0.5, 0.6) is 5.75 Å². The number of nitrogens with zero attached hydrogens (tertiary/aromatic N) is 2. The third kappa shape index (κ3) is 5.31. The average molecular weight is 510 g/mol. The molecule has 35 heavy (non-hydrogen) atoms. The van der Waals surface area contributed by atoms with Gasteiger partial charge < -0.3 is 9.30 Å². The summed E-state index contributed by atoms with van der Waals surface area (Å²) in [5.41, 5.74) is 4.21. The molecule has 4 rings (SSSR count). The van der Waals surface area contributed by atoms with Gasteiger partial charge in [0, 0.05) is 17.8 Å². The number of anilines is 1. The van der Waals surface area contributed by atoms with Gasteiger partial charge in [0.05, 0.1) is 22.2 Å². The summed E-state index contributed by atoms with van der Waals surface area (Å²) in [6.07, 6.45) is 0.920. The van der Waals surface area contributed by atoms with Gasteiger partial charge in [-0.1, -0.05) is 18.3 Å². The van der Waals surface area contributed by atoms with E-state index in [1.165, 1.54) is 41.7 Å². The molecule has 0 saturated heterocycles. The van der Waals surface area contributed by atoms with Crippen LogP contribution >= 0.6 is 11.3 Å². The van der Waals surface area contributed by atoms with Gasteiger partial charge in [0.15, 0.2) is 4.80 Å². The van der Waals surface area contributed by atoms with Crippen LogP contribution in [0, 0.1) is 13.8 Å². The Morgan fingerprint density at radius 1 is 1.03 bits per heavy atom. The maximum atomic E-state index is 12.9. The summed E-state index contributed by atoms with van der Waals surface area (Å²) in [6.45, 7) is 7.01. The molecular formula is C26H27N3O4S2. The fourth-order valence-electron chi connectivity index (χ4n) is 3.65. The van der Waals surface area contributed by atoms with Gasteiger partial charge in [-0.15, -0.1) is 0 Å². The number of thiazole rings is 1. The van der Waals surface area contributed by atoms with E-state index in [1.807, 2.05) is 0 Å². The fraction of sp³-hybridized carbons (Fsp3) is 0.231. The van der Waals surface area contributed by atoms with Gasteiger partial charge in [-0.25, -0.2) is 8.42 Å². The quantitative estimate of drug-likeness (QED) is 0.367. The highest BCUT2D eigenvalue weighted by atomic mass is 32.2. The summed E-state index contributed by atoms with van der Waals surface area (Å²) in [5.74, 6) is 0.194. The number of benzene rings is 3. The molecule has 1 N–H and O–H groups in total. The highest BCUT2D eigenvalue weighted by molar-refractivity contribution is 7.92. The van der Waals surface area contributed by atoms with Crippen LogP contribution in [0.2, 0.25) is 0 Å². The van der Waals surface area contributed by atoms with Crippen LogP contribution in [0.4, 0.5) is 5.69 Å². The predicted octanol–water partition coefficient (Wildman–Crippen LogP) is 5.28. The predicted molar refractivity (Wildman–Crippen MR) is 140 cm³/mol. The van der Waals surface area contributed by atoms with Crippen molar-refractivity contribution in [1.29, 1.82) is 0 Å². The summed E-state index contributed by atoms with van der Waals surface area (Å²) in [7, 11) is -2.25. The SMILES string of the molecule is CCCn1c(=NC(=O)c2ccc(NS(=O)(=O)c3ccc(OC)cc3)cc2)sc2cc(C)c(C)cc21. The van der Waals surface area contributed by atoms with Crippen molar-refractivity contribution in [1.82, 2.24) is 4.57 Å². The number of hydrogen-bond acceptors (Lipinski definition) is 5. The van der Waals surface area contributed by atoms with Gasteiger partial charge in [-0.2, -0.15) is 4.99 Å².